The minimum absolute atomic E-state index is 0.0781. The molecule has 1 atom stereocenters. The van der Waals surface area contributed by atoms with Gasteiger partial charge >= 0.3 is 6.36 Å². The van der Waals surface area contributed by atoms with E-state index < -0.39 is 6.36 Å². The van der Waals surface area contributed by atoms with Crippen molar-refractivity contribution in [3.8, 4) is 5.75 Å². The Hall–Kier alpha value is -3.33. The fourth-order valence-electron chi connectivity index (χ4n) is 4.23. The van der Waals surface area contributed by atoms with Crippen LogP contribution in [0.1, 0.15) is 17.5 Å². The van der Waals surface area contributed by atoms with Gasteiger partial charge in [-0.25, -0.2) is 4.98 Å². The molecule has 0 saturated carbocycles. The van der Waals surface area contributed by atoms with Crippen LogP contribution in [0.5, 0.6) is 5.75 Å². The largest absolute Gasteiger partial charge is 0.573 e. The van der Waals surface area contributed by atoms with Gasteiger partial charge in [-0.1, -0.05) is 12.1 Å². The van der Waals surface area contributed by atoms with Crippen LogP contribution >= 0.6 is 0 Å². The third-order valence-electron chi connectivity index (χ3n) is 6.00. The van der Waals surface area contributed by atoms with Gasteiger partial charge in [0, 0.05) is 30.2 Å². The molecule has 0 aliphatic carbocycles. The molecule has 0 spiro atoms. The molecule has 0 radical (unpaired) electrons. The van der Waals surface area contributed by atoms with Gasteiger partial charge in [-0.15, -0.1) is 13.2 Å². The summed E-state index contributed by atoms with van der Waals surface area (Å²) in [6, 6.07) is 13.5. The number of halogens is 3. The summed E-state index contributed by atoms with van der Waals surface area (Å²) in [5.74, 6) is 0.264. The van der Waals surface area contributed by atoms with Crippen LogP contribution in [-0.4, -0.2) is 55.4 Å². The summed E-state index contributed by atoms with van der Waals surface area (Å²) >= 11 is 0. The maximum absolute atomic E-state index is 12.5. The second-order valence-electron chi connectivity index (χ2n) is 8.80. The molecule has 1 fully saturated rings. The average molecular weight is 473 g/mol. The van der Waals surface area contributed by atoms with Crippen molar-refractivity contribution in [3.63, 3.8) is 0 Å². The molecule has 2 aromatic carbocycles. The van der Waals surface area contributed by atoms with Crippen LogP contribution in [0.2, 0.25) is 0 Å². The SMILES string of the molecule is Cc1cc(N2CCC(N(C)C)C2)nc2ccc(NC(=O)Cc3cccc(OC(F)(F)F)c3)cc12. The number of likely N-dealkylation sites (N-methyl/N-ethyl adjacent to an activating group) is 1. The van der Waals surface area contributed by atoms with Gasteiger partial charge in [-0.05, 0) is 75.0 Å². The number of nitrogens with one attached hydrogen (secondary N) is 1. The lowest BCUT2D eigenvalue weighted by Crippen LogP contribution is -2.31. The fourth-order valence-corrected chi connectivity index (χ4v) is 4.23. The fraction of sp³-hybridized carbons (Fsp3) is 0.360. The van der Waals surface area contributed by atoms with E-state index >= 15 is 0 Å². The number of amides is 1. The smallest absolute Gasteiger partial charge is 0.406 e. The first kappa shape index (κ1) is 23.8. The highest BCUT2D eigenvalue weighted by Gasteiger charge is 2.31. The molecule has 34 heavy (non-hydrogen) atoms. The van der Waals surface area contributed by atoms with Gasteiger partial charge in [-0.2, -0.15) is 0 Å². The minimum Gasteiger partial charge on any atom is -0.406 e. The summed E-state index contributed by atoms with van der Waals surface area (Å²) < 4.78 is 41.2. The number of hydrogen-bond donors (Lipinski definition) is 1. The standard InChI is InChI=1S/C25H27F3N4O2/c1-16-11-23(32-10-9-19(15-32)31(2)3)30-22-8-7-18(14-21(16)22)29-24(33)13-17-5-4-6-20(12-17)34-25(26,27)28/h4-8,11-12,14,19H,9-10,13,15H2,1-3H3,(H,29,33). The Labute approximate surface area is 196 Å². The first-order chi connectivity index (χ1) is 16.1. The molecule has 1 N–H and O–H groups in total. The predicted octanol–water partition coefficient (Wildman–Crippen LogP) is 4.76. The van der Waals surface area contributed by atoms with E-state index in [9.17, 15) is 18.0 Å². The number of aromatic nitrogens is 1. The number of carbonyl (C=O) groups excluding carboxylic acids is 1. The summed E-state index contributed by atoms with van der Waals surface area (Å²) in [5, 5.41) is 3.76. The summed E-state index contributed by atoms with van der Waals surface area (Å²) in [6.07, 6.45) is -3.76. The Kier molecular flexibility index (Phi) is 6.65. The maximum atomic E-state index is 12.5. The van der Waals surface area contributed by atoms with E-state index in [1.54, 1.807) is 12.1 Å². The van der Waals surface area contributed by atoms with Crippen LogP contribution in [0.25, 0.3) is 10.9 Å². The van der Waals surface area contributed by atoms with Crippen LogP contribution in [0, 0.1) is 6.92 Å². The zero-order valence-electron chi connectivity index (χ0n) is 19.3. The molecule has 1 aliphatic heterocycles. The lowest BCUT2D eigenvalue weighted by atomic mass is 10.1. The number of fused-ring (bicyclic) bond motifs is 1. The number of ether oxygens (including phenoxy) is 1. The molecule has 6 nitrogen and oxygen atoms in total. The summed E-state index contributed by atoms with van der Waals surface area (Å²) in [7, 11) is 4.19. The van der Waals surface area contributed by atoms with Crippen molar-refractivity contribution >= 4 is 28.3 Å². The van der Waals surface area contributed by atoms with Crippen molar-refractivity contribution in [3.05, 3.63) is 59.7 Å². The minimum atomic E-state index is -4.78. The third-order valence-corrected chi connectivity index (χ3v) is 6.00. The van der Waals surface area contributed by atoms with E-state index in [0.717, 1.165) is 41.8 Å². The van der Waals surface area contributed by atoms with Crippen molar-refractivity contribution in [2.75, 3.05) is 37.4 Å². The molecular formula is C25H27F3N4O2. The van der Waals surface area contributed by atoms with Crippen LogP contribution < -0.4 is 15.0 Å². The van der Waals surface area contributed by atoms with E-state index in [0.29, 0.717) is 17.3 Å². The van der Waals surface area contributed by atoms with E-state index in [2.05, 4.69) is 40.0 Å². The van der Waals surface area contributed by atoms with E-state index in [1.165, 1.54) is 18.2 Å². The second-order valence-corrected chi connectivity index (χ2v) is 8.80. The van der Waals surface area contributed by atoms with E-state index in [-0.39, 0.29) is 18.1 Å². The first-order valence-corrected chi connectivity index (χ1v) is 11.0. The molecule has 4 rings (SSSR count). The molecule has 1 saturated heterocycles. The highest BCUT2D eigenvalue weighted by atomic mass is 19.4. The van der Waals surface area contributed by atoms with Gasteiger partial charge in [0.1, 0.15) is 11.6 Å². The Morgan fingerprint density at radius 2 is 2.00 bits per heavy atom. The molecule has 2 heterocycles. The van der Waals surface area contributed by atoms with Gasteiger partial charge in [0.2, 0.25) is 5.91 Å². The van der Waals surface area contributed by atoms with Crippen LogP contribution in [-0.2, 0) is 11.2 Å². The Morgan fingerprint density at radius 1 is 1.21 bits per heavy atom. The Balaban J connectivity index is 1.45. The van der Waals surface area contributed by atoms with E-state index in [4.69, 9.17) is 4.98 Å². The van der Waals surface area contributed by atoms with Crippen LogP contribution in [0.3, 0.4) is 0 Å². The number of alkyl halides is 3. The number of anilines is 2. The number of hydrogen-bond acceptors (Lipinski definition) is 5. The Bertz CT molecular complexity index is 1200. The van der Waals surface area contributed by atoms with Gasteiger partial charge in [-0.3, -0.25) is 4.79 Å². The van der Waals surface area contributed by atoms with Crippen LogP contribution in [0.15, 0.2) is 48.5 Å². The Morgan fingerprint density at radius 3 is 2.71 bits per heavy atom. The lowest BCUT2D eigenvalue weighted by Gasteiger charge is -2.22. The van der Waals surface area contributed by atoms with Crippen molar-refractivity contribution in [1.29, 1.82) is 0 Å². The van der Waals surface area contributed by atoms with Crippen molar-refractivity contribution in [2.45, 2.75) is 32.2 Å². The molecule has 1 unspecified atom stereocenters. The normalized spacial score (nSPS) is 16.3. The zero-order valence-corrected chi connectivity index (χ0v) is 19.3. The topological polar surface area (TPSA) is 57.7 Å². The molecule has 1 aromatic heterocycles. The summed E-state index contributed by atoms with van der Waals surface area (Å²) in [4.78, 5) is 21.9. The van der Waals surface area contributed by atoms with Gasteiger partial charge in [0.05, 0.1) is 11.9 Å². The number of benzene rings is 2. The van der Waals surface area contributed by atoms with Crippen molar-refractivity contribution < 1.29 is 22.7 Å². The number of rotatable bonds is 6. The number of aryl methyl sites for hydroxylation is 1. The third kappa shape index (κ3) is 5.77. The summed E-state index contributed by atoms with van der Waals surface area (Å²) in [5.41, 5.74) is 2.93. The maximum Gasteiger partial charge on any atom is 0.573 e. The molecular weight excluding hydrogens is 445 g/mol. The van der Waals surface area contributed by atoms with Gasteiger partial charge < -0.3 is 19.9 Å². The zero-order chi connectivity index (χ0) is 24.5. The number of carbonyl (C=O) groups is 1. The first-order valence-electron chi connectivity index (χ1n) is 11.0. The molecule has 1 aliphatic rings. The number of nitrogens with zero attached hydrogens (tertiary/aromatic N) is 3. The monoisotopic (exact) mass is 472 g/mol. The van der Waals surface area contributed by atoms with Gasteiger partial charge in [0.15, 0.2) is 0 Å². The molecule has 9 heteroatoms. The van der Waals surface area contributed by atoms with Gasteiger partial charge in [0.25, 0.3) is 0 Å². The van der Waals surface area contributed by atoms with E-state index in [1.807, 2.05) is 19.1 Å². The predicted molar refractivity (Wildman–Crippen MR) is 126 cm³/mol. The molecule has 1 amide bonds. The highest BCUT2D eigenvalue weighted by Crippen LogP contribution is 2.28. The molecule has 180 valence electrons. The second kappa shape index (κ2) is 9.50. The highest BCUT2D eigenvalue weighted by molar-refractivity contribution is 5.95. The number of pyridine rings is 1. The molecule has 0 bridgehead atoms. The van der Waals surface area contributed by atoms with Crippen molar-refractivity contribution in [1.82, 2.24) is 9.88 Å². The van der Waals surface area contributed by atoms with Crippen molar-refractivity contribution in [2.24, 2.45) is 0 Å². The quantitative estimate of drug-likeness (QED) is 0.561. The lowest BCUT2D eigenvalue weighted by molar-refractivity contribution is -0.274. The van der Waals surface area contributed by atoms with Crippen LogP contribution in [0.4, 0.5) is 24.7 Å². The average Bonchev–Trinajstić information content (AvgIpc) is 3.24. The molecule has 3 aromatic rings. The summed E-state index contributed by atoms with van der Waals surface area (Å²) in [6.45, 7) is 3.92.